The Morgan fingerprint density at radius 2 is 2.05 bits per heavy atom. The van der Waals surface area contributed by atoms with Crippen LogP contribution < -0.4 is 15.2 Å². The number of hydrogen-bond acceptors (Lipinski definition) is 4. The van der Waals surface area contributed by atoms with Crippen LogP contribution in [0.3, 0.4) is 0 Å². The van der Waals surface area contributed by atoms with Crippen molar-refractivity contribution in [3.05, 3.63) is 23.8 Å². The normalized spacial score (nSPS) is 13.5. The van der Waals surface area contributed by atoms with Crippen LogP contribution in [0.5, 0.6) is 11.5 Å². The monoisotopic (exact) mass is 264 g/mol. The second kappa shape index (κ2) is 5.09. The molecule has 0 aliphatic carbocycles. The molecule has 1 aliphatic heterocycles. The molecule has 0 bridgehead atoms. The van der Waals surface area contributed by atoms with Crippen molar-refractivity contribution in [3.63, 3.8) is 0 Å². The Bertz CT molecular complexity index is 486. The molecule has 0 radical (unpaired) electrons. The zero-order valence-electron chi connectivity index (χ0n) is 11.6. The molecule has 5 heteroatoms. The number of amides is 1. The molecule has 104 valence electrons. The molecule has 1 aromatic rings. The molecular weight excluding hydrogens is 244 g/mol. The minimum atomic E-state index is -0.537. The third kappa shape index (κ3) is 2.81. The standard InChI is InChI=1S/C14H20N2O3/c1-14(2,8-15)13(17)16(3)7-10-4-5-11-12(6-10)19-9-18-11/h4-6H,7-9,15H2,1-3H3. The van der Waals surface area contributed by atoms with E-state index in [2.05, 4.69) is 0 Å². The Balaban J connectivity index is 2.07. The van der Waals surface area contributed by atoms with Gasteiger partial charge >= 0.3 is 0 Å². The van der Waals surface area contributed by atoms with Crippen LogP contribution in [0, 0.1) is 5.41 Å². The highest BCUT2D eigenvalue weighted by atomic mass is 16.7. The highest BCUT2D eigenvalue weighted by Gasteiger charge is 2.29. The van der Waals surface area contributed by atoms with Crippen molar-refractivity contribution in [2.45, 2.75) is 20.4 Å². The average Bonchev–Trinajstić information content (AvgIpc) is 2.85. The quantitative estimate of drug-likeness (QED) is 0.891. The summed E-state index contributed by atoms with van der Waals surface area (Å²) in [6.07, 6.45) is 0. The predicted octanol–water partition coefficient (Wildman–Crippen LogP) is 1.36. The molecule has 0 atom stereocenters. The third-order valence-electron chi connectivity index (χ3n) is 3.29. The van der Waals surface area contributed by atoms with Gasteiger partial charge in [-0.1, -0.05) is 6.07 Å². The molecule has 1 amide bonds. The van der Waals surface area contributed by atoms with Crippen molar-refractivity contribution in [1.29, 1.82) is 0 Å². The fourth-order valence-corrected chi connectivity index (χ4v) is 1.99. The maximum atomic E-state index is 12.2. The molecule has 2 N–H and O–H groups in total. The summed E-state index contributed by atoms with van der Waals surface area (Å²) >= 11 is 0. The van der Waals surface area contributed by atoms with Crippen LogP contribution in [0.15, 0.2) is 18.2 Å². The molecule has 0 saturated carbocycles. The van der Waals surface area contributed by atoms with Gasteiger partial charge in [-0.2, -0.15) is 0 Å². The first-order valence-electron chi connectivity index (χ1n) is 6.28. The highest BCUT2D eigenvalue weighted by molar-refractivity contribution is 5.82. The van der Waals surface area contributed by atoms with E-state index < -0.39 is 5.41 Å². The van der Waals surface area contributed by atoms with Crippen molar-refractivity contribution in [1.82, 2.24) is 4.90 Å². The summed E-state index contributed by atoms with van der Waals surface area (Å²) in [7, 11) is 1.78. The fraction of sp³-hybridized carbons (Fsp3) is 0.500. The van der Waals surface area contributed by atoms with Crippen LogP contribution in [0.2, 0.25) is 0 Å². The minimum absolute atomic E-state index is 0.0349. The van der Waals surface area contributed by atoms with E-state index in [0.717, 1.165) is 17.1 Å². The van der Waals surface area contributed by atoms with Gasteiger partial charge in [0.05, 0.1) is 5.41 Å². The lowest BCUT2D eigenvalue weighted by Gasteiger charge is -2.28. The number of rotatable bonds is 4. The number of hydrogen-bond donors (Lipinski definition) is 1. The maximum Gasteiger partial charge on any atom is 0.231 e. The Morgan fingerprint density at radius 3 is 2.74 bits per heavy atom. The topological polar surface area (TPSA) is 64.8 Å². The summed E-state index contributed by atoms with van der Waals surface area (Å²) in [5.41, 5.74) is 6.10. The Hall–Kier alpha value is -1.75. The lowest BCUT2D eigenvalue weighted by Crippen LogP contribution is -2.42. The predicted molar refractivity (Wildman–Crippen MR) is 71.9 cm³/mol. The number of fused-ring (bicyclic) bond motifs is 1. The van der Waals surface area contributed by atoms with Crippen molar-refractivity contribution < 1.29 is 14.3 Å². The number of benzene rings is 1. The molecule has 0 fully saturated rings. The van der Waals surface area contributed by atoms with Gasteiger partial charge in [0.2, 0.25) is 12.7 Å². The van der Waals surface area contributed by atoms with Crippen molar-refractivity contribution in [2.24, 2.45) is 11.1 Å². The molecule has 1 heterocycles. The van der Waals surface area contributed by atoms with E-state index in [0.29, 0.717) is 13.1 Å². The Morgan fingerprint density at radius 1 is 1.37 bits per heavy atom. The number of nitrogens with zero attached hydrogens (tertiary/aromatic N) is 1. The fourth-order valence-electron chi connectivity index (χ4n) is 1.99. The van der Waals surface area contributed by atoms with Gasteiger partial charge in [-0.05, 0) is 31.5 Å². The van der Waals surface area contributed by atoms with Crippen molar-refractivity contribution in [3.8, 4) is 11.5 Å². The summed E-state index contributed by atoms with van der Waals surface area (Å²) in [6.45, 7) is 4.82. The smallest absolute Gasteiger partial charge is 0.231 e. The van der Waals surface area contributed by atoms with Gasteiger partial charge in [-0.3, -0.25) is 4.79 Å². The molecule has 1 aromatic carbocycles. The summed E-state index contributed by atoms with van der Waals surface area (Å²) in [5, 5.41) is 0. The molecule has 19 heavy (non-hydrogen) atoms. The van der Waals surface area contributed by atoms with E-state index in [1.807, 2.05) is 32.0 Å². The van der Waals surface area contributed by atoms with Crippen LogP contribution in [-0.2, 0) is 11.3 Å². The van der Waals surface area contributed by atoms with E-state index in [1.165, 1.54) is 0 Å². The summed E-state index contributed by atoms with van der Waals surface area (Å²) in [6, 6.07) is 5.71. The van der Waals surface area contributed by atoms with E-state index in [-0.39, 0.29) is 12.7 Å². The molecule has 0 spiro atoms. The number of carbonyl (C=O) groups excluding carboxylic acids is 1. The lowest BCUT2D eigenvalue weighted by atomic mass is 9.92. The zero-order valence-corrected chi connectivity index (χ0v) is 11.6. The van der Waals surface area contributed by atoms with Crippen LogP contribution in [0.4, 0.5) is 0 Å². The lowest BCUT2D eigenvalue weighted by molar-refractivity contribution is -0.139. The SMILES string of the molecule is CN(Cc1ccc2c(c1)OCO2)C(=O)C(C)(C)CN. The molecule has 1 aliphatic rings. The molecule has 0 unspecified atom stereocenters. The van der Waals surface area contributed by atoms with E-state index in [4.69, 9.17) is 15.2 Å². The van der Waals surface area contributed by atoms with Gasteiger partial charge in [0.1, 0.15) is 0 Å². The van der Waals surface area contributed by atoms with E-state index in [9.17, 15) is 4.79 Å². The highest BCUT2D eigenvalue weighted by Crippen LogP contribution is 2.32. The van der Waals surface area contributed by atoms with Gasteiger partial charge in [0.15, 0.2) is 11.5 Å². The summed E-state index contributed by atoms with van der Waals surface area (Å²) < 4.78 is 10.6. The Labute approximate surface area is 113 Å². The molecule has 0 aromatic heterocycles. The second-order valence-corrected chi connectivity index (χ2v) is 5.44. The van der Waals surface area contributed by atoms with Crippen LogP contribution in [0.25, 0.3) is 0 Å². The maximum absolute atomic E-state index is 12.2. The van der Waals surface area contributed by atoms with Gasteiger partial charge in [0.25, 0.3) is 0 Å². The van der Waals surface area contributed by atoms with Crippen LogP contribution >= 0.6 is 0 Å². The number of carbonyl (C=O) groups is 1. The summed E-state index contributed by atoms with van der Waals surface area (Å²) in [5.74, 6) is 1.52. The van der Waals surface area contributed by atoms with Crippen molar-refractivity contribution >= 4 is 5.91 Å². The molecule has 0 saturated heterocycles. The first-order valence-corrected chi connectivity index (χ1v) is 6.28. The Kier molecular flexibility index (Phi) is 3.66. The molecule has 5 nitrogen and oxygen atoms in total. The summed E-state index contributed by atoms with van der Waals surface area (Å²) in [4.78, 5) is 13.9. The van der Waals surface area contributed by atoms with Gasteiger partial charge in [-0.15, -0.1) is 0 Å². The second-order valence-electron chi connectivity index (χ2n) is 5.44. The van der Waals surface area contributed by atoms with Crippen LogP contribution in [0.1, 0.15) is 19.4 Å². The first kappa shape index (κ1) is 13.7. The molecular formula is C14H20N2O3. The van der Waals surface area contributed by atoms with E-state index >= 15 is 0 Å². The van der Waals surface area contributed by atoms with Gasteiger partial charge < -0.3 is 20.1 Å². The van der Waals surface area contributed by atoms with Gasteiger partial charge in [0, 0.05) is 20.1 Å². The minimum Gasteiger partial charge on any atom is -0.454 e. The number of nitrogens with two attached hydrogens (primary N) is 1. The van der Waals surface area contributed by atoms with Crippen LogP contribution in [-0.4, -0.2) is 31.2 Å². The zero-order chi connectivity index (χ0) is 14.0. The molecule has 2 rings (SSSR count). The van der Waals surface area contributed by atoms with Crippen molar-refractivity contribution in [2.75, 3.05) is 20.4 Å². The largest absolute Gasteiger partial charge is 0.454 e. The number of ether oxygens (including phenoxy) is 2. The first-order chi connectivity index (χ1) is 8.94. The third-order valence-corrected chi connectivity index (χ3v) is 3.29. The van der Waals surface area contributed by atoms with E-state index in [1.54, 1.807) is 11.9 Å². The van der Waals surface area contributed by atoms with Gasteiger partial charge in [-0.25, -0.2) is 0 Å². The average molecular weight is 264 g/mol.